The summed E-state index contributed by atoms with van der Waals surface area (Å²) in [4.78, 5) is 11.4. The maximum absolute atomic E-state index is 11.4. The Bertz CT molecular complexity index is 371. The summed E-state index contributed by atoms with van der Waals surface area (Å²) in [5.74, 6) is 5.41. The van der Waals surface area contributed by atoms with Gasteiger partial charge >= 0.3 is 0 Å². The van der Waals surface area contributed by atoms with Gasteiger partial charge in [0.05, 0.1) is 6.42 Å². The lowest BCUT2D eigenvalue weighted by molar-refractivity contribution is 0.0998. The van der Waals surface area contributed by atoms with Crippen LogP contribution in [0.15, 0.2) is 24.3 Å². The lowest BCUT2D eigenvalue weighted by Gasteiger charge is -1.96. The fraction of sp³-hybridized carbons (Fsp3) is 0.182. The Morgan fingerprint density at radius 3 is 2.92 bits per heavy atom. The molecule has 0 saturated heterocycles. The molecule has 0 unspecified atom stereocenters. The molecule has 0 radical (unpaired) electrons. The van der Waals surface area contributed by atoms with Gasteiger partial charge in [-0.2, -0.15) is 0 Å². The zero-order valence-corrected chi connectivity index (χ0v) is 8.06. The van der Waals surface area contributed by atoms with Crippen LogP contribution in [0.3, 0.4) is 0 Å². The molecule has 1 nitrogen and oxygen atoms in total. The smallest absolute Gasteiger partial charge is 0.174 e. The minimum Gasteiger partial charge on any atom is -0.293 e. The van der Waals surface area contributed by atoms with Crippen LogP contribution in [0.25, 0.3) is 0 Å². The average molecular weight is 193 g/mol. The standard InChI is InChI=1S/C11H9ClO/c1-2-3-7-11(13)9-5-4-6-10(12)8-9/h4-6,8H,7H2,1H3. The summed E-state index contributed by atoms with van der Waals surface area (Å²) in [6, 6.07) is 6.89. The zero-order chi connectivity index (χ0) is 9.68. The van der Waals surface area contributed by atoms with Gasteiger partial charge in [-0.05, 0) is 19.1 Å². The Kier molecular flexibility index (Phi) is 3.54. The number of hydrogen-bond donors (Lipinski definition) is 0. The molecular formula is C11H9ClO. The second kappa shape index (κ2) is 4.69. The third-order valence-corrected chi connectivity index (χ3v) is 1.81. The van der Waals surface area contributed by atoms with Crippen LogP contribution in [0.4, 0.5) is 0 Å². The van der Waals surface area contributed by atoms with Crippen LogP contribution in [0.1, 0.15) is 23.7 Å². The number of ketones is 1. The molecule has 1 aromatic carbocycles. The fourth-order valence-electron chi connectivity index (χ4n) is 0.933. The van der Waals surface area contributed by atoms with E-state index in [9.17, 15) is 4.79 Å². The Balaban J connectivity index is 2.81. The van der Waals surface area contributed by atoms with Crippen molar-refractivity contribution in [2.75, 3.05) is 0 Å². The van der Waals surface area contributed by atoms with Gasteiger partial charge in [0.1, 0.15) is 0 Å². The van der Waals surface area contributed by atoms with Gasteiger partial charge in [0.25, 0.3) is 0 Å². The summed E-state index contributed by atoms with van der Waals surface area (Å²) < 4.78 is 0. The molecule has 0 N–H and O–H groups in total. The molecule has 1 aromatic rings. The van der Waals surface area contributed by atoms with Crippen molar-refractivity contribution in [1.29, 1.82) is 0 Å². The first-order valence-electron chi connectivity index (χ1n) is 3.92. The second-order valence-electron chi connectivity index (χ2n) is 2.54. The quantitative estimate of drug-likeness (QED) is 0.520. The molecule has 0 spiro atoms. The first kappa shape index (κ1) is 9.83. The highest BCUT2D eigenvalue weighted by Crippen LogP contribution is 2.11. The maximum atomic E-state index is 11.4. The Morgan fingerprint density at radius 2 is 2.31 bits per heavy atom. The third-order valence-electron chi connectivity index (χ3n) is 1.57. The normalized spacial score (nSPS) is 8.77. The van der Waals surface area contributed by atoms with E-state index in [1.54, 1.807) is 31.2 Å². The monoisotopic (exact) mass is 192 g/mol. The van der Waals surface area contributed by atoms with Crippen molar-refractivity contribution < 1.29 is 4.79 Å². The van der Waals surface area contributed by atoms with Gasteiger partial charge in [-0.1, -0.05) is 29.7 Å². The molecule has 0 bridgehead atoms. The van der Waals surface area contributed by atoms with E-state index in [0.717, 1.165) is 0 Å². The van der Waals surface area contributed by atoms with Crippen molar-refractivity contribution in [2.45, 2.75) is 13.3 Å². The number of Topliss-reactive ketones (excluding diaryl/α,β-unsaturated/α-hetero) is 1. The Morgan fingerprint density at radius 1 is 1.54 bits per heavy atom. The highest BCUT2D eigenvalue weighted by atomic mass is 35.5. The minimum atomic E-state index is 0.0110. The number of benzene rings is 1. The largest absolute Gasteiger partial charge is 0.293 e. The van der Waals surface area contributed by atoms with Crippen LogP contribution in [0.5, 0.6) is 0 Å². The summed E-state index contributed by atoms with van der Waals surface area (Å²) in [5, 5.41) is 0.579. The zero-order valence-electron chi connectivity index (χ0n) is 7.30. The average Bonchev–Trinajstić information content (AvgIpc) is 2.14. The predicted molar refractivity (Wildman–Crippen MR) is 53.8 cm³/mol. The molecule has 0 aromatic heterocycles. The van der Waals surface area contributed by atoms with Crippen molar-refractivity contribution in [3.8, 4) is 11.8 Å². The number of halogens is 1. The van der Waals surface area contributed by atoms with Crippen LogP contribution in [0, 0.1) is 11.8 Å². The number of carbonyl (C=O) groups is 1. The summed E-state index contributed by atoms with van der Waals surface area (Å²) in [5.41, 5.74) is 0.621. The van der Waals surface area contributed by atoms with E-state index < -0.39 is 0 Å². The number of carbonyl (C=O) groups excluding carboxylic acids is 1. The van der Waals surface area contributed by atoms with Crippen molar-refractivity contribution in [3.05, 3.63) is 34.9 Å². The van der Waals surface area contributed by atoms with Crippen LogP contribution in [-0.2, 0) is 0 Å². The maximum Gasteiger partial charge on any atom is 0.174 e. The molecule has 0 aliphatic heterocycles. The summed E-state index contributed by atoms with van der Waals surface area (Å²) >= 11 is 5.73. The van der Waals surface area contributed by atoms with Crippen LogP contribution < -0.4 is 0 Å². The van der Waals surface area contributed by atoms with Crippen LogP contribution >= 0.6 is 11.6 Å². The van der Waals surface area contributed by atoms with E-state index in [-0.39, 0.29) is 12.2 Å². The highest BCUT2D eigenvalue weighted by Gasteiger charge is 2.03. The summed E-state index contributed by atoms with van der Waals surface area (Å²) in [7, 11) is 0. The second-order valence-corrected chi connectivity index (χ2v) is 2.97. The van der Waals surface area contributed by atoms with Crippen molar-refractivity contribution in [1.82, 2.24) is 0 Å². The van der Waals surface area contributed by atoms with Gasteiger partial charge in [0.2, 0.25) is 0 Å². The van der Waals surface area contributed by atoms with Crippen molar-refractivity contribution in [3.63, 3.8) is 0 Å². The molecule has 0 heterocycles. The minimum absolute atomic E-state index is 0.0110. The Labute approximate surface area is 82.7 Å². The molecule has 0 amide bonds. The van der Waals surface area contributed by atoms with Gasteiger partial charge in [-0.15, -0.1) is 5.92 Å². The SMILES string of the molecule is CC#CCC(=O)c1cccc(Cl)c1. The van der Waals surface area contributed by atoms with Gasteiger partial charge in [-0.3, -0.25) is 4.79 Å². The summed E-state index contributed by atoms with van der Waals surface area (Å²) in [6.07, 6.45) is 0.261. The lowest BCUT2D eigenvalue weighted by atomic mass is 10.1. The van der Waals surface area contributed by atoms with E-state index >= 15 is 0 Å². The molecule has 0 saturated carbocycles. The molecule has 13 heavy (non-hydrogen) atoms. The van der Waals surface area contributed by atoms with E-state index in [0.29, 0.717) is 10.6 Å². The van der Waals surface area contributed by atoms with Crippen LogP contribution in [0.2, 0.25) is 5.02 Å². The third kappa shape index (κ3) is 2.93. The van der Waals surface area contributed by atoms with E-state index in [4.69, 9.17) is 11.6 Å². The lowest BCUT2D eigenvalue weighted by Crippen LogP contribution is -1.96. The first-order chi connectivity index (χ1) is 6.24. The van der Waals surface area contributed by atoms with Gasteiger partial charge in [0.15, 0.2) is 5.78 Å². The van der Waals surface area contributed by atoms with Crippen LogP contribution in [-0.4, -0.2) is 5.78 Å². The fourth-order valence-corrected chi connectivity index (χ4v) is 1.12. The van der Waals surface area contributed by atoms with E-state index in [2.05, 4.69) is 11.8 Å². The van der Waals surface area contributed by atoms with E-state index in [1.807, 2.05) is 0 Å². The van der Waals surface area contributed by atoms with Crippen molar-refractivity contribution >= 4 is 17.4 Å². The molecule has 2 heteroatoms. The molecule has 1 rings (SSSR count). The molecular weight excluding hydrogens is 184 g/mol. The predicted octanol–water partition coefficient (Wildman–Crippen LogP) is 2.94. The molecule has 0 fully saturated rings. The highest BCUT2D eigenvalue weighted by molar-refractivity contribution is 6.31. The first-order valence-corrected chi connectivity index (χ1v) is 4.30. The van der Waals surface area contributed by atoms with Gasteiger partial charge < -0.3 is 0 Å². The summed E-state index contributed by atoms with van der Waals surface area (Å²) in [6.45, 7) is 1.71. The molecule has 66 valence electrons. The van der Waals surface area contributed by atoms with Crippen molar-refractivity contribution in [2.24, 2.45) is 0 Å². The molecule has 0 aliphatic carbocycles. The van der Waals surface area contributed by atoms with Gasteiger partial charge in [-0.25, -0.2) is 0 Å². The van der Waals surface area contributed by atoms with Gasteiger partial charge in [0, 0.05) is 10.6 Å². The molecule has 0 aliphatic rings. The topological polar surface area (TPSA) is 17.1 Å². The van der Waals surface area contributed by atoms with E-state index in [1.165, 1.54) is 0 Å². The number of rotatable bonds is 2. The Hall–Kier alpha value is -1.26. The molecule has 0 atom stereocenters. The number of hydrogen-bond acceptors (Lipinski definition) is 1.